The molecule has 1 aliphatic rings. The number of esters is 1. The molecule has 2 aromatic rings. The van der Waals surface area contributed by atoms with E-state index >= 15 is 0 Å². The lowest BCUT2D eigenvalue weighted by molar-refractivity contribution is -0.118. The van der Waals surface area contributed by atoms with Gasteiger partial charge in [0.1, 0.15) is 10.8 Å². The van der Waals surface area contributed by atoms with Crippen LogP contribution in [-0.2, 0) is 22.4 Å². The number of carbonyl (C=O) groups is 2. The van der Waals surface area contributed by atoms with E-state index in [4.69, 9.17) is 21.1 Å². The number of anilines is 1. The van der Waals surface area contributed by atoms with Crippen LogP contribution in [0.15, 0.2) is 18.2 Å². The van der Waals surface area contributed by atoms with E-state index in [1.165, 1.54) is 16.2 Å². The summed E-state index contributed by atoms with van der Waals surface area (Å²) in [6, 6.07) is 5.25. The lowest BCUT2D eigenvalue weighted by atomic mass is 10.1. The topological polar surface area (TPSA) is 64.6 Å². The van der Waals surface area contributed by atoms with Crippen LogP contribution >= 0.6 is 22.9 Å². The Hall–Kier alpha value is -2.05. The number of benzene rings is 1. The second-order valence-electron chi connectivity index (χ2n) is 7.15. The summed E-state index contributed by atoms with van der Waals surface area (Å²) >= 11 is 7.44. The summed E-state index contributed by atoms with van der Waals surface area (Å²) in [6.07, 6.45) is 5.84. The first-order chi connectivity index (χ1) is 14.0. The summed E-state index contributed by atoms with van der Waals surface area (Å²) in [5.41, 5.74) is 2.42. The Morgan fingerprint density at radius 1 is 1.21 bits per heavy atom. The molecule has 0 fully saturated rings. The van der Waals surface area contributed by atoms with Crippen LogP contribution in [0.25, 0.3) is 0 Å². The highest BCUT2D eigenvalue weighted by atomic mass is 35.5. The zero-order valence-corrected chi connectivity index (χ0v) is 18.4. The first-order valence-electron chi connectivity index (χ1n) is 10.00. The van der Waals surface area contributed by atoms with Crippen molar-refractivity contribution >= 4 is 39.8 Å². The molecule has 1 aliphatic carbocycles. The minimum Gasteiger partial charge on any atom is -0.483 e. The first kappa shape index (κ1) is 21.7. The second-order valence-corrected chi connectivity index (χ2v) is 8.69. The quantitative estimate of drug-likeness (QED) is 0.456. The van der Waals surface area contributed by atoms with Gasteiger partial charge in [-0.15, -0.1) is 11.3 Å². The van der Waals surface area contributed by atoms with E-state index < -0.39 is 0 Å². The van der Waals surface area contributed by atoms with Crippen molar-refractivity contribution in [1.29, 1.82) is 0 Å². The van der Waals surface area contributed by atoms with E-state index in [1.807, 2.05) is 13.8 Å². The fraction of sp³-hybridized carbons (Fsp3) is 0.455. The third kappa shape index (κ3) is 5.52. The van der Waals surface area contributed by atoms with Gasteiger partial charge in [-0.1, -0.05) is 24.9 Å². The van der Waals surface area contributed by atoms with Gasteiger partial charge in [-0.25, -0.2) is 4.79 Å². The van der Waals surface area contributed by atoms with Crippen LogP contribution in [0.3, 0.4) is 0 Å². The van der Waals surface area contributed by atoms with Crippen LogP contribution in [0, 0.1) is 6.92 Å². The van der Waals surface area contributed by atoms with Gasteiger partial charge in [0.15, 0.2) is 6.61 Å². The lowest BCUT2D eigenvalue weighted by Gasteiger charge is -2.11. The zero-order valence-electron chi connectivity index (χ0n) is 16.8. The van der Waals surface area contributed by atoms with Gasteiger partial charge < -0.3 is 14.8 Å². The summed E-state index contributed by atoms with van der Waals surface area (Å²) < 4.78 is 11.0. The minimum atomic E-state index is -0.351. The standard InChI is InChI=1S/C22H26ClNO4S/c1-3-11-27-22(26)20-16-7-5-4-6-8-18(16)29-21(20)24-19(25)13-28-17-10-9-15(23)12-14(17)2/h9-10,12H,3-8,11,13H2,1-2H3,(H,24,25). The average molecular weight is 436 g/mol. The molecule has 1 heterocycles. The second kappa shape index (κ2) is 10.1. The maximum atomic E-state index is 12.7. The van der Waals surface area contributed by atoms with Crippen LogP contribution < -0.4 is 10.1 Å². The van der Waals surface area contributed by atoms with E-state index in [-0.39, 0.29) is 18.5 Å². The molecule has 0 atom stereocenters. The minimum absolute atomic E-state index is 0.144. The number of carbonyl (C=O) groups excluding carboxylic acids is 2. The molecule has 3 rings (SSSR count). The van der Waals surface area contributed by atoms with Crippen molar-refractivity contribution in [2.24, 2.45) is 0 Å². The van der Waals surface area contributed by atoms with Gasteiger partial charge in [-0.3, -0.25) is 4.79 Å². The highest BCUT2D eigenvalue weighted by Crippen LogP contribution is 2.38. The van der Waals surface area contributed by atoms with Gasteiger partial charge in [-0.2, -0.15) is 0 Å². The molecule has 0 saturated carbocycles. The summed E-state index contributed by atoms with van der Waals surface area (Å²) in [5, 5.41) is 4.06. The van der Waals surface area contributed by atoms with Gasteiger partial charge in [0.2, 0.25) is 0 Å². The summed E-state index contributed by atoms with van der Waals surface area (Å²) in [4.78, 5) is 26.4. The molecule has 0 radical (unpaired) electrons. The van der Waals surface area contributed by atoms with Crippen LogP contribution in [0.2, 0.25) is 5.02 Å². The Kier molecular flexibility index (Phi) is 7.56. The molecule has 1 aromatic heterocycles. The van der Waals surface area contributed by atoms with Crippen molar-refractivity contribution in [2.75, 3.05) is 18.5 Å². The first-order valence-corrected chi connectivity index (χ1v) is 11.2. The number of nitrogens with one attached hydrogen (secondary N) is 1. The lowest BCUT2D eigenvalue weighted by Crippen LogP contribution is -2.21. The van der Waals surface area contributed by atoms with Crippen LogP contribution in [0.5, 0.6) is 5.75 Å². The molecular weight excluding hydrogens is 410 g/mol. The maximum absolute atomic E-state index is 12.7. The smallest absolute Gasteiger partial charge is 0.341 e. The molecule has 0 unspecified atom stereocenters. The fourth-order valence-electron chi connectivity index (χ4n) is 3.39. The number of ether oxygens (including phenoxy) is 2. The van der Waals surface area contributed by atoms with Crippen molar-refractivity contribution in [3.8, 4) is 5.75 Å². The molecule has 0 aliphatic heterocycles. The molecule has 7 heteroatoms. The predicted octanol–water partition coefficient (Wildman–Crippen LogP) is 5.56. The maximum Gasteiger partial charge on any atom is 0.341 e. The average Bonchev–Trinajstić information content (AvgIpc) is 2.86. The van der Waals surface area contributed by atoms with Gasteiger partial charge in [0, 0.05) is 9.90 Å². The van der Waals surface area contributed by atoms with Crippen molar-refractivity contribution in [3.63, 3.8) is 0 Å². The molecule has 1 amide bonds. The Bertz CT molecular complexity index is 893. The Morgan fingerprint density at radius 2 is 2.00 bits per heavy atom. The number of hydrogen-bond acceptors (Lipinski definition) is 5. The highest BCUT2D eigenvalue weighted by Gasteiger charge is 2.26. The Labute approximate surface area is 180 Å². The van der Waals surface area contributed by atoms with Gasteiger partial charge in [0.05, 0.1) is 12.2 Å². The van der Waals surface area contributed by atoms with E-state index in [0.29, 0.717) is 27.9 Å². The van der Waals surface area contributed by atoms with Crippen molar-refractivity contribution < 1.29 is 19.1 Å². The van der Waals surface area contributed by atoms with E-state index in [1.54, 1.807) is 18.2 Å². The van der Waals surface area contributed by atoms with Crippen molar-refractivity contribution in [3.05, 3.63) is 44.8 Å². The SMILES string of the molecule is CCCOC(=O)c1c(NC(=O)COc2ccc(Cl)cc2C)sc2c1CCCCC2. The molecule has 0 saturated heterocycles. The zero-order chi connectivity index (χ0) is 20.8. The van der Waals surface area contributed by atoms with Crippen LogP contribution in [0.1, 0.15) is 59.0 Å². The van der Waals surface area contributed by atoms with E-state index in [9.17, 15) is 9.59 Å². The van der Waals surface area contributed by atoms with Crippen molar-refractivity contribution in [2.45, 2.75) is 52.4 Å². The number of thiophene rings is 1. The summed E-state index contributed by atoms with van der Waals surface area (Å²) in [6.45, 7) is 4.06. The fourth-order valence-corrected chi connectivity index (χ4v) is 4.91. The molecule has 1 aromatic carbocycles. The van der Waals surface area contributed by atoms with Crippen molar-refractivity contribution in [1.82, 2.24) is 0 Å². The van der Waals surface area contributed by atoms with Gasteiger partial charge in [0.25, 0.3) is 5.91 Å². The van der Waals surface area contributed by atoms with Crippen LogP contribution in [-0.4, -0.2) is 25.1 Å². The van der Waals surface area contributed by atoms with Crippen LogP contribution in [0.4, 0.5) is 5.00 Å². The van der Waals surface area contributed by atoms with Gasteiger partial charge >= 0.3 is 5.97 Å². The number of halogens is 1. The molecular formula is C22H26ClNO4S. The van der Waals surface area contributed by atoms with E-state index in [2.05, 4.69) is 5.32 Å². The van der Waals surface area contributed by atoms with E-state index in [0.717, 1.165) is 49.7 Å². The largest absolute Gasteiger partial charge is 0.483 e. The molecule has 29 heavy (non-hydrogen) atoms. The summed E-state index contributed by atoms with van der Waals surface area (Å²) in [5.74, 6) is -0.0506. The highest BCUT2D eigenvalue weighted by molar-refractivity contribution is 7.17. The normalized spacial score (nSPS) is 13.3. The third-order valence-electron chi connectivity index (χ3n) is 4.81. The number of hydrogen-bond donors (Lipinski definition) is 1. The number of amides is 1. The molecule has 0 bridgehead atoms. The number of aryl methyl sites for hydroxylation is 2. The Balaban J connectivity index is 1.74. The predicted molar refractivity (Wildman–Crippen MR) is 116 cm³/mol. The number of fused-ring (bicyclic) bond motifs is 1. The molecule has 156 valence electrons. The molecule has 0 spiro atoms. The molecule has 1 N–H and O–H groups in total. The number of rotatable bonds is 7. The van der Waals surface area contributed by atoms with Gasteiger partial charge in [-0.05, 0) is 68.4 Å². The summed E-state index contributed by atoms with van der Waals surface area (Å²) in [7, 11) is 0. The monoisotopic (exact) mass is 435 g/mol. The molecule has 5 nitrogen and oxygen atoms in total. The third-order valence-corrected chi connectivity index (χ3v) is 6.25. The Morgan fingerprint density at radius 3 is 2.76 bits per heavy atom.